The van der Waals surface area contributed by atoms with E-state index in [4.69, 9.17) is 0 Å². The first-order chi connectivity index (χ1) is 9.74. The molecule has 0 bridgehead atoms. The fraction of sp³-hybridized carbons (Fsp3) is 0.250. The Bertz CT molecular complexity index is 626. The normalized spacial score (nSPS) is 18.2. The van der Waals surface area contributed by atoms with Crippen LogP contribution >= 0.6 is 11.8 Å². The Labute approximate surface area is 118 Å². The number of carbonyl (C=O) groups is 2. The van der Waals surface area contributed by atoms with E-state index >= 15 is 0 Å². The minimum Gasteiger partial charge on any atom is -0.340 e. The molecule has 102 valence electrons. The van der Waals surface area contributed by atoms with Gasteiger partial charge in [0.2, 0.25) is 5.12 Å². The lowest BCUT2D eigenvalue weighted by Gasteiger charge is -2.09. The number of aromatic nitrogens is 4. The molecule has 3 rings (SSSR count). The van der Waals surface area contributed by atoms with Crippen molar-refractivity contribution in [2.45, 2.75) is 12.5 Å². The Hall–Kier alpha value is -2.22. The van der Waals surface area contributed by atoms with Crippen molar-refractivity contribution < 1.29 is 9.59 Å². The SMILES string of the molecule is O=C(NC1CCSC1=O)c1ccc(-n2ccnc2)nn1. The number of imidazole rings is 1. The van der Waals surface area contributed by atoms with Crippen LogP contribution in [0.3, 0.4) is 0 Å². The van der Waals surface area contributed by atoms with Gasteiger partial charge in [0.15, 0.2) is 11.5 Å². The van der Waals surface area contributed by atoms with Gasteiger partial charge >= 0.3 is 0 Å². The van der Waals surface area contributed by atoms with Crippen LogP contribution in [0.15, 0.2) is 30.9 Å². The molecule has 0 spiro atoms. The molecular formula is C12H11N5O2S. The van der Waals surface area contributed by atoms with Crippen molar-refractivity contribution in [3.63, 3.8) is 0 Å². The Morgan fingerprint density at radius 2 is 2.30 bits per heavy atom. The molecule has 1 aliphatic rings. The molecule has 20 heavy (non-hydrogen) atoms. The molecule has 2 aromatic heterocycles. The zero-order valence-corrected chi connectivity index (χ0v) is 11.2. The van der Waals surface area contributed by atoms with Crippen molar-refractivity contribution in [3.05, 3.63) is 36.5 Å². The van der Waals surface area contributed by atoms with Crippen LogP contribution in [0.2, 0.25) is 0 Å². The molecule has 1 N–H and O–H groups in total. The van der Waals surface area contributed by atoms with Crippen LogP contribution in [-0.4, -0.2) is 42.6 Å². The Kier molecular flexibility index (Phi) is 3.46. The van der Waals surface area contributed by atoms with Gasteiger partial charge in [0.05, 0.1) is 6.04 Å². The van der Waals surface area contributed by atoms with Gasteiger partial charge in [0, 0.05) is 18.1 Å². The van der Waals surface area contributed by atoms with Crippen molar-refractivity contribution in [1.82, 2.24) is 25.1 Å². The largest absolute Gasteiger partial charge is 0.340 e. The van der Waals surface area contributed by atoms with Gasteiger partial charge < -0.3 is 5.32 Å². The van der Waals surface area contributed by atoms with E-state index in [2.05, 4.69) is 20.5 Å². The summed E-state index contributed by atoms with van der Waals surface area (Å²) in [6, 6.07) is 2.83. The van der Waals surface area contributed by atoms with E-state index < -0.39 is 6.04 Å². The van der Waals surface area contributed by atoms with Gasteiger partial charge in [-0.15, -0.1) is 10.2 Å². The summed E-state index contributed by atoms with van der Waals surface area (Å²) in [5, 5.41) is 10.5. The maximum absolute atomic E-state index is 11.9. The molecule has 1 saturated heterocycles. The fourth-order valence-corrected chi connectivity index (χ4v) is 2.77. The standard InChI is InChI=1S/C12H11N5O2S/c18-11(14-9-3-6-20-12(9)19)8-1-2-10(16-15-8)17-5-4-13-7-17/h1-2,4-5,7,9H,3,6H2,(H,14,18). The van der Waals surface area contributed by atoms with Crippen molar-refractivity contribution in [3.8, 4) is 5.82 Å². The number of hydrogen-bond donors (Lipinski definition) is 1. The summed E-state index contributed by atoms with van der Waals surface area (Å²) < 4.78 is 1.69. The van der Waals surface area contributed by atoms with E-state index in [0.29, 0.717) is 12.2 Å². The number of thioether (sulfide) groups is 1. The first kappa shape index (κ1) is 12.8. The summed E-state index contributed by atoms with van der Waals surface area (Å²) in [6.45, 7) is 0. The number of nitrogens with zero attached hydrogens (tertiary/aromatic N) is 4. The van der Waals surface area contributed by atoms with Crippen LogP contribution in [0, 0.1) is 0 Å². The number of rotatable bonds is 3. The zero-order valence-electron chi connectivity index (χ0n) is 10.4. The summed E-state index contributed by atoms with van der Waals surface area (Å²) in [7, 11) is 0. The Morgan fingerprint density at radius 1 is 1.40 bits per heavy atom. The highest BCUT2D eigenvalue weighted by atomic mass is 32.2. The number of carbonyl (C=O) groups excluding carboxylic acids is 2. The van der Waals surface area contributed by atoms with E-state index in [1.165, 1.54) is 11.8 Å². The second-order valence-corrected chi connectivity index (χ2v) is 5.33. The lowest BCUT2D eigenvalue weighted by molar-refractivity contribution is -0.112. The van der Waals surface area contributed by atoms with Crippen LogP contribution < -0.4 is 5.32 Å². The Morgan fingerprint density at radius 3 is 2.90 bits per heavy atom. The summed E-state index contributed by atoms with van der Waals surface area (Å²) in [5.74, 6) is 0.941. The van der Waals surface area contributed by atoms with Crippen LogP contribution in [0.25, 0.3) is 5.82 Å². The summed E-state index contributed by atoms with van der Waals surface area (Å²) in [6.07, 6.45) is 5.62. The quantitative estimate of drug-likeness (QED) is 0.881. The van der Waals surface area contributed by atoms with E-state index in [0.717, 1.165) is 5.75 Å². The van der Waals surface area contributed by atoms with Crippen molar-refractivity contribution in [1.29, 1.82) is 0 Å². The predicted molar refractivity (Wildman–Crippen MR) is 72.5 cm³/mol. The summed E-state index contributed by atoms with van der Waals surface area (Å²) >= 11 is 1.24. The highest BCUT2D eigenvalue weighted by Gasteiger charge is 2.27. The molecule has 1 atom stereocenters. The van der Waals surface area contributed by atoms with Crippen LogP contribution in [0.5, 0.6) is 0 Å². The van der Waals surface area contributed by atoms with Gasteiger partial charge in [-0.1, -0.05) is 11.8 Å². The second kappa shape index (κ2) is 5.41. The molecule has 0 aromatic carbocycles. The smallest absolute Gasteiger partial charge is 0.272 e. The lowest BCUT2D eigenvalue weighted by atomic mass is 10.2. The first-order valence-corrected chi connectivity index (χ1v) is 7.02. The maximum Gasteiger partial charge on any atom is 0.272 e. The molecule has 0 radical (unpaired) electrons. The van der Waals surface area contributed by atoms with Crippen LogP contribution in [0.4, 0.5) is 0 Å². The minimum absolute atomic E-state index is 0.00125. The molecule has 1 unspecified atom stereocenters. The highest BCUT2D eigenvalue weighted by molar-refractivity contribution is 8.14. The van der Waals surface area contributed by atoms with Gasteiger partial charge in [0.1, 0.15) is 6.33 Å². The average molecular weight is 289 g/mol. The number of hydrogen-bond acceptors (Lipinski definition) is 6. The maximum atomic E-state index is 11.9. The monoisotopic (exact) mass is 289 g/mol. The van der Waals surface area contributed by atoms with Gasteiger partial charge in [0.25, 0.3) is 5.91 Å². The van der Waals surface area contributed by atoms with E-state index in [1.807, 2.05) is 0 Å². The van der Waals surface area contributed by atoms with Crippen molar-refractivity contribution in [2.75, 3.05) is 5.75 Å². The van der Waals surface area contributed by atoms with Gasteiger partial charge in [-0.25, -0.2) is 4.98 Å². The second-order valence-electron chi connectivity index (χ2n) is 4.23. The first-order valence-electron chi connectivity index (χ1n) is 6.03. The average Bonchev–Trinajstić information content (AvgIpc) is 3.12. The molecule has 3 heterocycles. The molecule has 0 saturated carbocycles. The molecule has 1 aliphatic heterocycles. The van der Waals surface area contributed by atoms with Crippen molar-refractivity contribution >= 4 is 22.8 Å². The third-order valence-electron chi connectivity index (χ3n) is 2.89. The highest BCUT2D eigenvalue weighted by Crippen LogP contribution is 2.19. The fourth-order valence-electron chi connectivity index (χ4n) is 1.84. The molecule has 0 aliphatic carbocycles. The Balaban J connectivity index is 1.71. The van der Waals surface area contributed by atoms with Crippen LogP contribution in [-0.2, 0) is 4.79 Å². The topological polar surface area (TPSA) is 89.8 Å². The lowest BCUT2D eigenvalue weighted by Crippen LogP contribution is -2.37. The number of amides is 1. The van der Waals surface area contributed by atoms with Gasteiger partial charge in [-0.2, -0.15) is 0 Å². The molecule has 2 aromatic rings. The van der Waals surface area contributed by atoms with Crippen LogP contribution in [0.1, 0.15) is 16.9 Å². The molecule has 7 nitrogen and oxygen atoms in total. The van der Waals surface area contributed by atoms with Gasteiger partial charge in [-0.3, -0.25) is 14.2 Å². The predicted octanol–water partition coefficient (Wildman–Crippen LogP) is 0.424. The minimum atomic E-state index is -0.414. The molecule has 1 fully saturated rings. The molecule has 8 heteroatoms. The third-order valence-corrected chi connectivity index (χ3v) is 3.90. The summed E-state index contributed by atoms with van der Waals surface area (Å²) in [5.41, 5.74) is 0.193. The van der Waals surface area contributed by atoms with E-state index in [1.54, 1.807) is 35.4 Å². The zero-order chi connectivity index (χ0) is 13.9. The van der Waals surface area contributed by atoms with Crippen molar-refractivity contribution in [2.24, 2.45) is 0 Å². The third kappa shape index (κ3) is 2.55. The van der Waals surface area contributed by atoms with Gasteiger partial charge in [-0.05, 0) is 18.6 Å². The molecular weight excluding hydrogens is 278 g/mol. The van der Waals surface area contributed by atoms with E-state index in [9.17, 15) is 9.59 Å². The van der Waals surface area contributed by atoms with E-state index in [-0.39, 0.29) is 16.7 Å². The molecule has 1 amide bonds. The number of nitrogens with one attached hydrogen (secondary N) is 1. The summed E-state index contributed by atoms with van der Waals surface area (Å²) in [4.78, 5) is 27.3.